The third-order valence-corrected chi connectivity index (χ3v) is 4.72. The van der Waals surface area contributed by atoms with Crippen LogP contribution in [0, 0.1) is 5.92 Å². The molecule has 0 spiro atoms. The Morgan fingerprint density at radius 2 is 2.18 bits per heavy atom. The number of likely N-dealkylation sites (tertiary alicyclic amines) is 1. The van der Waals surface area contributed by atoms with Crippen molar-refractivity contribution in [1.82, 2.24) is 9.99 Å². The second-order valence-electron chi connectivity index (χ2n) is 5.54. The summed E-state index contributed by atoms with van der Waals surface area (Å²) in [5.74, 6) is 0.123. The molecule has 0 aromatic heterocycles. The summed E-state index contributed by atoms with van der Waals surface area (Å²) in [5, 5.41) is 3.00. The Labute approximate surface area is 106 Å². The van der Waals surface area contributed by atoms with E-state index in [4.69, 9.17) is 0 Å². The molecule has 0 radical (unpaired) electrons. The molecule has 0 aromatic carbocycles. The van der Waals surface area contributed by atoms with Crippen LogP contribution in [0.15, 0.2) is 0 Å². The van der Waals surface area contributed by atoms with E-state index in [1.807, 2.05) is 27.7 Å². The molecule has 3 atom stereocenters. The number of amides is 1. The molecule has 1 amide bonds. The predicted molar refractivity (Wildman–Crippen MR) is 71.5 cm³/mol. The minimum Gasteiger partial charge on any atom is -0.329 e. The van der Waals surface area contributed by atoms with Gasteiger partial charge in [0.2, 0.25) is 5.91 Å². The summed E-state index contributed by atoms with van der Waals surface area (Å²) in [6, 6.07) is 0. The number of nitrogens with zero attached hydrogens (tertiary/aromatic N) is 1. The number of hydrogen-bond donors (Lipinski definition) is 1. The van der Waals surface area contributed by atoms with Gasteiger partial charge in [-0.15, -0.1) is 0 Å². The summed E-state index contributed by atoms with van der Waals surface area (Å²) in [4.78, 5) is 25.6. The molecule has 1 heterocycles. The molecule has 4 nitrogen and oxygen atoms in total. The highest BCUT2D eigenvalue weighted by atomic mass is 31.0. The van der Waals surface area contributed by atoms with Crippen LogP contribution >= 0.6 is 9.39 Å². The SMILES string of the molecule is CC(C)C(C)(C=O)N1CCCC(C)(NP)C1=O. The third kappa shape index (κ3) is 2.38. The molecule has 0 aliphatic carbocycles. The molecule has 1 saturated heterocycles. The summed E-state index contributed by atoms with van der Waals surface area (Å²) in [7, 11) is 2.41. The van der Waals surface area contributed by atoms with E-state index in [9.17, 15) is 9.59 Å². The summed E-state index contributed by atoms with van der Waals surface area (Å²) < 4.78 is 0. The van der Waals surface area contributed by atoms with E-state index in [0.29, 0.717) is 6.54 Å². The van der Waals surface area contributed by atoms with Gasteiger partial charge in [0.15, 0.2) is 0 Å². The van der Waals surface area contributed by atoms with Gasteiger partial charge in [-0.25, -0.2) is 0 Å². The van der Waals surface area contributed by atoms with Crippen molar-refractivity contribution in [2.45, 2.75) is 51.6 Å². The van der Waals surface area contributed by atoms with E-state index >= 15 is 0 Å². The second-order valence-corrected chi connectivity index (χ2v) is 5.82. The van der Waals surface area contributed by atoms with E-state index in [-0.39, 0.29) is 11.8 Å². The lowest BCUT2D eigenvalue weighted by Crippen LogP contribution is -2.65. The van der Waals surface area contributed by atoms with Gasteiger partial charge in [0.05, 0.1) is 11.1 Å². The predicted octanol–water partition coefficient (Wildman–Crippen LogP) is 1.36. The second kappa shape index (κ2) is 5.03. The number of rotatable bonds is 4. The highest BCUT2D eigenvalue weighted by molar-refractivity contribution is 7.13. The van der Waals surface area contributed by atoms with Crippen molar-refractivity contribution in [3.63, 3.8) is 0 Å². The van der Waals surface area contributed by atoms with Gasteiger partial charge in [0.25, 0.3) is 0 Å². The Morgan fingerprint density at radius 3 is 2.59 bits per heavy atom. The van der Waals surface area contributed by atoms with E-state index in [1.165, 1.54) is 0 Å². The molecule has 0 bridgehead atoms. The molecule has 5 heteroatoms. The van der Waals surface area contributed by atoms with E-state index in [2.05, 4.69) is 14.5 Å². The fourth-order valence-electron chi connectivity index (χ4n) is 2.20. The van der Waals surface area contributed by atoms with Gasteiger partial charge in [-0.3, -0.25) is 9.88 Å². The van der Waals surface area contributed by atoms with Crippen LogP contribution in [0.2, 0.25) is 0 Å². The molecule has 1 aliphatic rings. The Balaban J connectivity index is 3.06. The van der Waals surface area contributed by atoms with Crippen molar-refractivity contribution in [1.29, 1.82) is 0 Å². The maximum absolute atomic E-state index is 12.5. The Morgan fingerprint density at radius 1 is 1.59 bits per heavy atom. The highest BCUT2D eigenvalue weighted by Crippen LogP contribution is 2.31. The van der Waals surface area contributed by atoms with Gasteiger partial charge in [0, 0.05) is 6.54 Å². The van der Waals surface area contributed by atoms with Crippen molar-refractivity contribution in [2.75, 3.05) is 6.54 Å². The number of carbonyl (C=O) groups is 2. The van der Waals surface area contributed by atoms with Gasteiger partial charge in [-0.2, -0.15) is 0 Å². The molecule has 3 unspecified atom stereocenters. The van der Waals surface area contributed by atoms with Crippen LogP contribution in [0.25, 0.3) is 0 Å². The Kier molecular flexibility index (Phi) is 4.32. The minimum atomic E-state index is -0.708. The summed E-state index contributed by atoms with van der Waals surface area (Å²) in [5.41, 5.74) is -1.28. The van der Waals surface area contributed by atoms with Crippen LogP contribution in [0.3, 0.4) is 0 Å². The molecule has 0 saturated carbocycles. The third-order valence-electron chi connectivity index (χ3n) is 4.08. The molecule has 1 N–H and O–H groups in total. The van der Waals surface area contributed by atoms with E-state index < -0.39 is 11.1 Å². The van der Waals surface area contributed by atoms with Gasteiger partial charge in [-0.1, -0.05) is 23.2 Å². The van der Waals surface area contributed by atoms with Crippen molar-refractivity contribution >= 4 is 21.6 Å². The summed E-state index contributed by atoms with van der Waals surface area (Å²) in [6.07, 6.45) is 2.63. The fraction of sp³-hybridized carbons (Fsp3) is 0.833. The minimum absolute atomic E-state index is 0.0158. The molecule has 1 aliphatic heterocycles. The number of piperidine rings is 1. The van der Waals surface area contributed by atoms with E-state index in [0.717, 1.165) is 19.1 Å². The first kappa shape index (κ1) is 14.6. The lowest BCUT2D eigenvalue weighted by atomic mass is 9.82. The van der Waals surface area contributed by atoms with Crippen LogP contribution in [0.1, 0.15) is 40.5 Å². The topological polar surface area (TPSA) is 49.4 Å². The van der Waals surface area contributed by atoms with Crippen LogP contribution in [0.5, 0.6) is 0 Å². The van der Waals surface area contributed by atoms with Crippen molar-refractivity contribution < 1.29 is 9.59 Å². The van der Waals surface area contributed by atoms with Crippen LogP contribution in [-0.4, -0.2) is 34.7 Å². The highest BCUT2D eigenvalue weighted by Gasteiger charge is 2.46. The first-order chi connectivity index (χ1) is 7.81. The Bertz CT molecular complexity index is 322. The number of nitrogens with one attached hydrogen (secondary N) is 1. The summed E-state index contributed by atoms with van der Waals surface area (Å²) >= 11 is 0. The molecule has 1 rings (SSSR count). The normalized spacial score (nSPS) is 29.3. The van der Waals surface area contributed by atoms with Gasteiger partial charge in [0.1, 0.15) is 6.29 Å². The number of hydrogen-bond acceptors (Lipinski definition) is 3. The molecular weight excluding hydrogens is 235 g/mol. The van der Waals surface area contributed by atoms with Gasteiger partial charge >= 0.3 is 0 Å². The van der Waals surface area contributed by atoms with Crippen LogP contribution in [-0.2, 0) is 9.59 Å². The lowest BCUT2D eigenvalue weighted by Gasteiger charge is -2.47. The molecule has 17 heavy (non-hydrogen) atoms. The molecular formula is C12H23N2O2P. The molecule has 1 fully saturated rings. The Hall–Kier alpha value is -0.470. The molecule has 98 valence electrons. The van der Waals surface area contributed by atoms with Crippen LogP contribution < -0.4 is 5.09 Å². The quantitative estimate of drug-likeness (QED) is 0.612. The smallest absolute Gasteiger partial charge is 0.243 e. The monoisotopic (exact) mass is 258 g/mol. The van der Waals surface area contributed by atoms with E-state index in [1.54, 1.807) is 4.90 Å². The maximum Gasteiger partial charge on any atom is 0.243 e. The zero-order valence-corrected chi connectivity index (χ0v) is 12.3. The maximum atomic E-state index is 12.5. The summed E-state index contributed by atoms with van der Waals surface area (Å²) in [6.45, 7) is 8.34. The lowest BCUT2D eigenvalue weighted by molar-refractivity contribution is -0.152. The first-order valence-corrected chi connectivity index (χ1v) is 6.65. The average Bonchev–Trinajstić information content (AvgIpc) is 2.31. The van der Waals surface area contributed by atoms with Crippen LogP contribution in [0.4, 0.5) is 0 Å². The zero-order valence-electron chi connectivity index (χ0n) is 11.1. The number of aldehydes is 1. The average molecular weight is 258 g/mol. The van der Waals surface area contributed by atoms with Crippen molar-refractivity contribution in [2.24, 2.45) is 5.92 Å². The first-order valence-electron chi connectivity index (χ1n) is 6.08. The van der Waals surface area contributed by atoms with Gasteiger partial charge < -0.3 is 9.69 Å². The fourth-order valence-corrected chi connectivity index (χ4v) is 2.47. The molecule has 0 aromatic rings. The van der Waals surface area contributed by atoms with Gasteiger partial charge in [-0.05, 0) is 32.6 Å². The standard InChI is InChI=1S/C12H23N2O2P/c1-9(2)12(4,8-15)14-7-5-6-11(3,13-17)10(14)16/h8-9,13H,5-7,17H2,1-4H3. The largest absolute Gasteiger partial charge is 0.329 e. The zero-order chi connectivity index (χ0) is 13.3. The van der Waals surface area contributed by atoms with Crippen molar-refractivity contribution in [3.05, 3.63) is 0 Å². The number of carbonyl (C=O) groups excluding carboxylic acids is 2. The van der Waals surface area contributed by atoms with Crippen molar-refractivity contribution in [3.8, 4) is 0 Å².